The second kappa shape index (κ2) is 6.54. The molecule has 0 rings (SSSR count). The summed E-state index contributed by atoms with van der Waals surface area (Å²) in [6.45, 7) is 16.8. The van der Waals surface area contributed by atoms with Gasteiger partial charge in [0.2, 0.25) is 0 Å². The van der Waals surface area contributed by atoms with Crippen molar-refractivity contribution in [1.82, 2.24) is 0 Å². The largest absolute Gasteiger partial charge is 0.550 e. The number of hydrogen-bond acceptors (Lipinski definition) is 3. The average molecular weight is 304 g/mol. The van der Waals surface area contributed by atoms with Gasteiger partial charge in [-0.15, -0.1) is 0 Å². The van der Waals surface area contributed by atoms with E-state index in [-0.39, 0.29) is 6.10 Å². The number of rotatable bonds is 8. The highest BCUT2D eigenvalue weighted by Crippen LogP contribution is 2.48. The normalized spacial score (nSPS) is 17.9. The maximum Gasteiger partial charge on any atom is 0.184 e. The molecule has 2 atom stereocenters. The van der Waals surface area contributed by atoms with Crippen molar-refractivity contribution in [3.63, 3.8) is 0 Å². The lowest BCUT2D eigenvalue weighted by Gasteiger charge is -2.51. The summed E-state index contributed by atoms with van der Waals surface area (Å²) >= 11 is 0. The number of hydrogen-bond donors (Lipinski definition) is 0. The van der Waals surface area contributed by atoms with E-state index in [4.69, 9.17) is 4.43 Å². The Morgan fingerprint density at radius 1 is 1.16 bits per heavy atom. The predicted octanol–water partition coefficient (Wildman–Crippen LogP) is 3.25. The first-order chi connectivity index (χ1) is 8.42. The molecule has 0 spiro atoms. The first-order valence-electron chi connectivity index (χ1n) is 7.31. The van der Waals surface area contributed by atoms with Gasteiger partial charge in [-0.3, -0.25) is 0 Å². The van der Waals surface area contributed by atoms with E-state index < -0.39 is 27.4 Å². The molecule has 0 radical (unpaired) electrons. The average Bonchev–Trinajstić information content (AvgIpc) is 2.19. The Morgan fingerprint density at radius 3 is 1.84 bits per heavy atom. The highest BCUT2D eigenvalue weighted by Gasteiger charge is 2.50. The number of carbonyl (C=O) groups excluding carboxylic acids is 1. The fraction of sp³-hybridized carbons (Fsp3) is 0.929. The van der Waals surface area contributed by atoms with Gasteiger partial charge in [0.15, 0.2) is 8.32 Å². The van der Waals surface area contributed by atoms with Gasteiger partial charge in [-0.05, 0) is 32.5 Å². The Labute approximate surface area is 120 Å². The van der Waals surface area contributed by atoms with Crippen molar-refractivity contribution in [2.75, 3.05) is 0 Å². The summed E-state index contributed by atoms with van der Waals surface area (Å²) in [4.78, 5) is 12.0. The van der Waals surface area contributed by atoms with Crippen molar-refractivity contribution in [3.8, 4) is 0 Å². The van der Waals surface area contributed by atoms with E-state index in [9.17, 15) is 9.90 Å². The van der Waals surface area contributed by atoms with Crippen LogP contribution in [0.4, 0.5) is 0 Å². The Balaban J connectivity index is 5.72. The predicted molar refractivity (Wildman–Crippen MR) is 84.5 cm³/mol. The molecule has 0 saturated heterocycles. The third-order valence-electron chi connectivity index (χ3n) is 3.76. The van der Waals surface area contributed by atoms with Gasteiger partial charge in [-0.2, -0.15) is 0 Å². The Hall–Kier alpha value is -0.136. The lowest BCUT2D eigenvalue weighted by molar-refractivity contribution is -0.313. The molecule has 0 aliphatic rings. The molecule has 114 valence electrons. The van der Waals surface area contributed by atoms with E-state index in [0.717, 1.165) is 12.8 Å². The van der Waals surface area contributed by atoms with Crippen LogP contribution in [0.5, 0.6) is 0 Å². The van der Waals surface area contributed by atoms with Crippen molar-refractivity contribution < 1.29 is 14.3 Å². The second-order valence-electron chi connectivity index (χ2n) is 7.39. The van der Waals surface area contributed by atoms with Gasteiger partial charge in [-0.1, -0.05) is 39.9 Å². The number of aliphatic carboxylic acids is 1. The van der Waals surface area contributed by atoms with Gasteiger partial charge < -0.3 is 14.3 Å². The summed E-state index contributed by atoms with van der Waals surface area (Å²) in [5.74, 6) is -0.904. The highest BCUT2D eigenvalue weighted by atomic mass is 28.4. The van der Waals surface area contributed by atoms with Crippen molar-refractivity contribution in [1.29, 1.82) is 0 Å². The third kappa shape index (κ3) is 4.43. The van der Waals surface area contributed by atoms with Crippen molar-refractivity contribution in [2.45, 2.75) is 83.5 Å². The van der Waals surface area contributed by atoms with E-state index in [1.807, 2.05) is 13.8 Å². The summed E-state index contributed by atoms with van der Waals surface area (Å²) in [6, 6.07) is 0. The number of carbonyl (C=O) groups is 1. The molecule has 0 saturated carbocycles. The summed E-state index contributed by atoms with van der Waals surface area (Å²) in [6.07, 6.45) is 2.04. The Morgan fingerprint density at radius 2 is 1.63 bits per heavy atom. The molecular weight excluding hydrogens is 272 g/mol. The van der Waals surface area contributed by atoms with Crippen molar-refractivity contribution in [2.24, 2.45) is 0 Å². The summed E-state index contributed by atoms with van der Waals surface area (Å²) in [5, 5.41) is 11.2. The maximum absolute atomic E-state index is 12.0. The molecule has 0 fully saturated rings. The lowest BCUT2D eigenvalue weighted by atomic mass is 9.94. The molecule has 0 amide bonds. The van der Waals surface area contributed by atoms with Crippen LogP contribution in [-0.2, 0) is 9.22 Å². The van der Waals surface area contributed by atoms with E-state index in [0.29, 0.717) is 6.42 Å². The van der Waals surface area contributed by atoms with Crippen LogP contribution in [0.3, 0.4) is 0 Å². The van der Waals surface area contributed by atoms with Gasteiger partial charge in [0.1, 0.15) is 0 Å². The number of carboxylic acids is 1. The zero-order valence-corrected chi connectivity index (χ0v) is 15.9. The highest BCUT2D eigenvalue weighted by molar-refractivity contribution is 6.82. The molecule has 3 nitrogen and oxygen atoms in total. The smallest absolute Gasteiger partial charge is 0.184 e. The van der Waals surface area contributed by atoms with Gasteiger partial charge in [-0.25, -0.2) is 0 Å². The monoisotopic (exact) mass is 303 g/mol. The first-order valence-corrected chi connectivity index (χ1v) is 14.2. The molecule has 19 heavy (non-hydrogen) atoms. The maximum atomic E-state index is 12.0. The minimum atomic E-state index is -1.97. The fourth-order valence-electron chi connectivity index (χ4n) is 2.91. The van der Waals surface area contributed by atoms with Gasteiger partial charge in [0.25, 0.3) is 0 Å². The van der Waals surface area contributed by atoms with Crippen molar-refractivity contribution >= 4 is 22.4 Å². The van der Waals surface area contributed by atoms with Crippen LogP contribution in [0, 0.1) is 0 Å². The van der Waals surface area contributed by atoms with Crippen LogP contribution in [-0.4, -0.2) is 28.5 Å². The minimum Gasteiger partial charge on any atom is -0.550 e. The standard InChI is InChI=1S/C14H32O3Si2/c1-9-11-14(13(15)16,18(3,4)5)12(10-2)17-19(6,7)8/h12H,9-11H2,1-8H3,(H,15,16)/p-1. The van der Waals surface area contributed by atoms with Crippen LogP contribution >= 0.6 is 0 Å². The van der Waals surface area contributed by atoms with Crippen LogP contribution in [0.25, 0.3) is 0 Å². The van der Waals surface area contributed by atoms with Crippen LogP contribution in [0.2, 0.25) is 44.3 Å². The number of carboxylic acid groups (broad SMARTS) is 1. The van der Waals surface area contributed by atoms with Crippen LogP contribution in [0.15, 0.2) is 0 Å². The van der Waals surface area contributed by atoms with Gasteiger partial charge >= 0.3 is 0 Å². The Kier molecular flexibility index (Phi) is 6.50. The molecular formula is C14H31O3Si2-. The lowest BCUT2D eigenvalue weighted by Crippen LogP contribution is -2.59. The molecule has 0 heterocycles. The SMILES string of the molecule is CCCC(C(=O)[O-])(C(CC)O[Si](C)(C)C)[Si](C)(C)C. The fourth-order valence-corrected chi connectivity index (χ4v) is 7.09. The van der Waals surface area contributed by atoms with E-state index >= 15 is 0 Å². The minimum absolute atomic E-state index is 0.212. The molecule has 0 aromatic rings. The van der Waals surface area contributed by atoms with Crippen LogP contribution < -0.4 is 5.11 Å². The Bertz CT molecular complexity index is 305. The van der Waals surface area contributed by atoms with E-state index in [2.05, 4.69) is 39.3 Å². The molecule has 5 heteroatoms. The molecule has 0 N–H and O–H groups in total. The van der Waals surface area contributed by atoms with Gasteiger partial charge in [0.05, 0.1) is 14.2 Å². The second-order valence-corrected chi connectivity index (χ2v) is 17.2. The zero-order valence-electron chi connectivity index (χ0n) is 13.9. The summed E-state index contributed by atoms with van der Waals surface area (Å²) < 4.78 is 6.25. The van der Waals surface area contributed by atoms with E-state index in [1.54, 1.807) is 0 Å². The first kappa shape index (κ1) is 18.9. The van der Waals surface area contributed by atoms with E-state index in [1.165, 1.54) is 0 Å². The topological polar surface area (TPSA) is 49.4 Å². The van der Waals surface area contributed by atoms with Crippen molar-refractivity contribution in [3.05, 3.63) is 0 Å². The quantitative estimate of drug-likeness (QED) is 0.647. The molecule has 0 aromatic carbocycles. The molecule has 2 unspecified atom stereocenters. The molecule has 0 aromatic heterocycles. The summed E-state index contributed by atoms with van der Waals surface area (Å²) in [7, 11) is -3.74. The molecule has 0 aliphatic carbocycles. The molecule has 0 aliphatic heterocycles. The zero-order chi connectivity index (χ0) is 15.5. The molecule has 0 bridgehead atoms. The van der Waals surface area contributed by atoms with Crippen LogP contribution in [0.1, 0.15) is 33.1 Å². The summed E-state index contributed by atoms with van der Waals surface area (Å²) in [5.41, 5.74) is 0. The third-order valence-corrected chi connectivity index (χ3v) is 8.21. The van der Waals surface area contributed by atoms with Gasteiger partial charge in [0, 0.05) is 11.0 Å².